The van der Waals surface area contributed by atoms with Crippen molar-refractivity contribution in [2.45, 2.75) is 0 Å². The van der Waals surface area contributed by atoms with E-state index in [9.17, 15) is 10.5 Å². The first-order valence-corrected chi connectivity index (χ1v) is 19.8. The van der Waals surface area contributed by atoms with Crippen LogP contribution in [0.15, 0.2) is 194 Å². The summed E-state index contributed by atoms with van der Waals surface area (Å²) in [6.07, 6.45) is 0. The fourth-order valence-corrected chi connectivity index (χ4v) is 8.76. The largest absolute Gasteiger partial charge is 0.309 e. The number of benzene rings is 8. The number of hydrogen-bond donors (Lipinski definition) is 0. The number of hydrogen-bond acceptors (Lipinski definition) is 4. The van der Waals surface area contributed by atoms with Gasteiger partial charge in [0, 0.05) is 49.6 Å². The molecule has 0 unspecified atom stereocenters. The molecule has 0 atom stereocenters. The van der Waals surface area contributed by atoms with Crippen LogP contribution in [0, 0.1) is 22.7 Å². The van der Waals surface area contributed by atoms with Crippen LogP contribution in [-0.2, 0) is 0 Å². The molecule has 6 nitrogen and oxygen atoms in total. The van der Waals surface area contributed by atoms with Gasteiger partial charge in [-0.25, -0.2) is 9.97 Å². The number of rotatable bonds is 6. The van der Waals surface area contributed by atoms with Crippen molar-refractivity contribution in [3.05, 3.63) is 205 Å². The Kier molecular flexibility index (Phi) is 8.15. The van der Waals surface area contributed by atoms with Gasteiger partial charge in [-0.1, -0.05) is 146 Å². The molecule has 3 heterocycles. The Morgan fingerprint density at radius 3 is 1.60 bits per heavy atom. The highest BCUT2D eigenvalue weighted by Crippen LogP contribution is 2.43. The van der Waals surface area contributed by atoms with Crippen LogP contribution in [0.1, 0.15) is 11.1 Å². The third kappa shape index (κ3) is 5.48. The fraction of sp³-hybridized carbons (Fsp3) is 0. The second-order valence-electron chi connectivity index (χ2n) is 14.8. The molecule has 0 aliphatic carbocycles. The lowest BCUT2D eigenvalue weighted by Crippen LogP contribution is -2.01. The molecule has 0 radical (unpaired) electrons. The Morgan fingerprint density at radius 1 is 0.400 bits per heavy atom. The Hall–Kier alpha value is -8.58. The molecular weight excluding hydrogens is 733 g/mol. The molecule has 11 aromatic rings. The third-order valence-electron chi connectivity index (χ3n) is 11.4. The summed E-state index contributed by atoms with van der Waals surface area (Å²) >= 11 is 0. The minimum Gasteiger partial charge on any atom is -0.309 e. The standard InChI is InChI=1S/C54H32N6/c55-33-39-31-38(54-57-51(35-15-5-1-6-16-35)46(34-56)52(58-54)36-17-7-2-8-18-36)26-27-42(39)37-25-28-45-49(32-37)59(40-19-9-3-10-20-40)48-30-29-44-43-23-13-14-24-47(43)60(53(44)50(45)48)41-21-11-4-12-22-41/h1-32H. The van der Waals surface area contributed by atoms with E-state index < -0.39 is 0 Å². The zero-order chi connectivity index (χ0) is 40.2. The SMILES string of the molecule is N#Cc1cc(-c2nc(-c3ccccc3)c(C#N)c(-c3ccccc3)n2)ccc1-c1ccc2c3c(ccc4c5ccccc5n(-c5ccccc5)c43)n(-c3ccccc3)c2c1. The van der Waals surface area contributed by atoms with Gasteiger partial charge in [-0.2, -0.15) is 10.5 Å². The van der Waals surface area contributed by atoms with Gasteiger partial charge in [0.15, 0.2) is 5.82 Å². The van der Waals surface area contributed by atoms with E-state index in [0.29, 0.717) is 33.9 Å². The molecule has 6 heteroatoms. The normalized spacial score (nSPS) is 11.3. The van der Waals surface area contributed by atoms with Gasteiger partial charge in [0.25, 0.3) is 0 Å². The average molecular weight is 765 g/mol. The minimum atomic E-state index is 0.400. The second kappa shape index (κ2) is 14.1. The first-order chi connectivity index (χ1) is 29.7. The minimum absolute atomic E-state index is 0.400. The van der Waals surface area contributed by atoms with Crippen molar-refractivity contribution in [2.24, 2.45) is 0 Å². The summed E-state index contributed by atoms with van der Waals surface area (Å²) in [6.45, 7) is 0. The maximum absolute atomic E-state index is 10.7. The number of nitrogens with zero attached hydrogens (tertiary/aromatic N) is 6. The Bertz CT molecular complexity index is 3480. The summed E-state index contributed by atoms with van der Waals surface area (Å²) in [5.41, 5.74) is 12.6. The maximum atomic E-state index is 10.7. The average Bonchev–Trinajstić information content (AvgIpc) is 3.84. The molecule has 0 spiro atoms. The van der Waals surface area contributed by atoms with E-state index in [1.54, 1.807) is 0 Å². The van der Waals surface area contributed by atoms with Crippen molar-refractivity contribution >= 4 is 43.6 Å². The molecule has 0 N–H and O–H groups in total. The Balaban J connectivity index is 1.13. The van der Waals surface area contributed by atoms with Crippen LogP contribution in [-0.4, -0.2) is 19.1 Å². The van der Waals surface area contributed by atoms with E-state index in [1.165, 1.54) is 10.8 Å². The number of nitriles is 2. The molecule has 0 bridgehead atoms. The number of para-hydroxylation sites is 3. The van der Waals surface area contributed by atoms with Crippen molar-refractivity contribution in [1.29, 1.82) is 10.5 Å². The van der Waals surface area contributed by atoms with Gasteiger partial charge in [0.2, 0.25) is 0 Å². The molecule has 11 rings (SSSR count). The summed E-state index contributed by atoms with van der Waals surface area (Å²) < 4.78 is 4.72. The molecule has 0 aliphatic rings. The lowest BCUT2D eigenvalue weighted by atomic mass is 9.96. The molecular formula is C54H32N6. The molecule has 8 aromatic carbocycles. The van der Waals surface area contributed by atoms with Crippen LogP contribution < -0.4 is 0 Å². The summed E-state index contributed by atoms with van der Waals surface area (Å²) in [5, 5.41) is 25.8. The predicted octanol–water partition coefficient (Wildman–Crippen LogP) is 13.1. The smallest absolute Gasteiger partial charge is 0.160 e. The highest BCUT2D eigenvalue weighted by Gasteiger charge is 2.23. The van der Waals surface area contributed by atoms with Gasteiger partial charge >= 0.3 is 0 Å². The molecule has 0 amide bonds. The molecule has 0 fully saturated rings. The highest BCUT2D eigenvalue weighted by molar-refractivity contribution is 6.26. The van der Waals surface area contributed by atoms with Crippen molar-refractivity contribution in [2.75, 3.05) is 0 Å². The summed E-state index contributed by atoms with van der Waals surface area (Å²) in [4.78, 5) is 9.96. The molecule has 278 valence electrons. The van der Waals surface area contributed by atoms with Crippen molar-refractivity contribution in [3.63, 3.8) is 0 Å². The fourth-order valence-electron chi connectivity index (χ4n) is 8.76. The Labute approximate surface area is 345 Å². The van der Waals surface area contributed by atoms with E-state index in [0.717, 1.165) is 66.5 Å². The zero-order valence-electron chi connectivity index (χ0n) is 32.2. The third-order valence-corrected chi connectivity index (χ3v) is 11.4. The summed E-state index contributed by atoms with van der Waals surface area (Å²) in [7, 11) is 0. The topological polar surface area (TPSA) is 83.2 Å². The van der Waals surface area contributed by atoms with Gasteiger partial charge < -0.3 is 9.13 Å². The molecule has 60 heavy (non-hydrogen) atoms. The molecule has 0 aliphatic heterocycles. The van der Waals surface area contributed by atoms with Crippen molar-refractivity contribution in [1.82, 2.24) is 19.1 Å². The molecule has 0 saturated carbocycles. The van der Waals surface area contributed by atoms with E-state index in [2.05, 4.69) is 130 Å². The monoisotopic (exact) mass is 764 g/mol. The van der Waals surface area contributed by atoms with Gasteiger partial charge in [0.05, 0.1) is 45.1 Å². The van der Waals surface area contributed by atoms with E-state index >= 15 is 0 Å². The molecule has 0 saturated heterocycles. The maximum Gasteiger partial charge on any atom is 0.160 e. The van der Waals surface area contributed by atoms with Gasteiger partial charge in [0.1, 0.15) is 11.6 Å². The quantitative estimate of drug-likeness (QED) is 0.169. The Morgan fingerprint density at radius 2 is 0.967 bits per heavy atom. The van der Waals surface area contributed by atoms with Crippen LogP contribution in [0.3, 0.4) is 0 Å². The van der Waals surface area contributed by atoms with Crippen LogP contribution in [0.2, 0.25) is 0 Å². The van der Waals surface area contributed by atoms with Gasteiger partial charge in [-0.05, 0) is 59.7 Å². The van der Waals surface area contributed by atoms with E-state index in [-0.39, 0.29) is 0 Å². The lowest BCUT2D eigenvalue weighted by Gasteiger charge is -2.13. The zero-order valence-corrected chi connectivity index (χ0v) is 32.2. The van der Waals surface area contributed by atoms with Gasteiger partial charge in [-0.3, -0.25) is 0 Å². The van der Waals surface area contributed by atoms with Crippen molar-refractivity contribution in [3.8, 4) is 68.5 Å². The lowest BCUT2D eigenvalue weighted by molar-refractivity contribution is 1.17. The first kappa shape index (κ1) is 34.7. The van der Waals surface area contributed by atoms with Crippen molar-refractivity contribution < 1.29 is 0 Å². The van der Waals surface area contributed by atoms with Crippen LogP contribution in [0.4, 0.5) is 0 Å². The summed E-state index contributed by atoms with van der Waals surface area (Å²) in [5.74, 6) is 0.437. The highest BCUT2D eigenvalue weighted by atomic mass is 15.0. The number of aromatic nitrogens is 4. The number of fused-ring (bicyclic) bond motifs is 7. The van der Waals surface area contributed by atoms with E-state index in [1.807, 2.05) is 84.9 Å². The molecule has 3 aromatic heterocycles. The summed E-state index contributed by atoms with van der Waals surface area (Å²) in [6, 6.07) is 70.8. The van der Waals surface area contributed by atoms with Crippen LogP contribution >= 0.6 is 0 Å². The van der Waals surface area contributed by atoms with Crippen LogP contribution in [0.25, 0.3) is 100 Å². The van der Waals surface area contributed by atoms with E-state index in [4.69, 9.17) is 9.97 Å². The second-order valence-corrected chi connectivity index (χ2v) is 14.8. The van der Waals surface area contributed by atoms with Crippen LogP contribution in [0.5, 0.6) is 0 Å². The first-order valence-electron chi connectivity index (χ1n) is 19.8. The van der Waals surface area contributed by atoms with Gasteiger partial charge in [-0.15, -0.1) is 0 Å². The predicted molar refractivity (Wildman–Crippen MR) is 242 cm³/mol.